The molecule has 0 spiro atoms. The third-order valence-corrected chi connectivity index (χ3v) is 9.93. The third-order valence-electron chi connectivity index (χ3n) is 6.55. The maximum Gasteiger partial charge on any atom is 0.308 e. The number of imide groups is 1. The van der Waals surface area contributed by atoms with Crippen LogP contribution in [0.1, 0.15) is 21.9 Å². The molecule has 180 valence electrons. The zero-order valence-corrected chi connectivity index (χ0v) is 22.6. The maximum atomic E-state index is 13.9. The predicted molar refractivity (Wildman–Crippen MR) is 147 cm³/mol. The molecule has 4 aromatic rings. The van der Waals surface area contributed by atoms with E-state index in [0.29, 0.717) is 17.3 Å². The van der Waals surface area contributed by atoms with Gasteiger partial charge in [0.1, 0.15) is 5.25 Å². The van der Waals surface area contributed by atoms with Crippen LogP contribution in [0.5, 0.6) is 0 Å². The number of carbonyl (C=O) groups excluding carboxylic acids is 2. The highest BCUT2D eigenvalue weighted by Crippen LogP contribution is 2.54. The van der Waals surface area contributed by atoms with Crippen LogP contribution in [0.25, 0.3) is 0 Å². The van der Waals surface area contributed by atoms with E-state index in [0.717, 1.165) is 36.8 Å². The molecule has 0 saturated carbocycles. The Balaban J connectivity index is 1.49. The first-order valence-electron chi connectivity index (χ1n) is 11.3. The number of anilines is 1. The summed E-state index contributed by atoms with van der Waals surface area (Å²) >= 11 is 12.1. The fourth-order valence-electron chi connectivity index (χ4n) is 4.90. The number of nitrogens with zero attached hydrogens (tertiary/aromatic N) is 2. The van der Waals surface area contributed by atoms with Crippen LogP contribution >= 0.6 is 50.6 Å². The standard InChI is InChI=1S/C27H18BrClN2O3S2/c28-17-8-12-19(13-9-17)31-24(32)21-20(16-6-10-18(29)11-7-16)23-26(35-22(21)25(31)33)30(27(34)36-23)14-15-4-2-1-3-5-15/h1-13,20-22H,14H2/t20-,21-,22+/m0/s1. The van der Waals surface area contributed by atoms with Crippen molar-refractivity contribution in [3.8, 4) is 0 Å². The van der Waals surface area contributed by atoms with E-state index < -0.39 is 17.1 Å². The third kappa shape index (κ3) is 3.96. The fourth-order valence-corrected chi connectivity index (χ4v) is 8.06. The number of rotatable bonds is 4. The molecule has 6 rings (SSSR count). The number of amides is 2. The fraction of sp³-hybridized carbons (Fsp3) is 0.148. The van der Waals surface area contributed by atoms with Gasteiger partial charge in [-0.2, -0.15) is 0 Å². The van der Waals surface area contributed by atoms with Crippen LogP contribution < -0.4 is 9.77 Å². The van der Waals surface area contributed by atoms with Crippen molar-refractivity contribution < 1.29 is 9.59 Å². The Morgan fingerprint density at radius 3 is 2.25 bits per heavy atom. The SMILES string of the molecule is O=C1[C@H]2[C@H](c3ccc(Cl)cc3)c3sc(=O)n(Cc4ccccc4)c3S[C@H]2C(=O)N1c1ccc(Br)cc1. The number of hydrogen-bond donors (Lipinski definition) is 0. The minimum absolute atomic E-state index is 0.0973. The predicted octanol–water partition coefficient (Wildman–Crippen LogP) is 6.17. The Morgan fingerprint density at radius 1 is 0.861 bits per heavy atom. The molecule has 1 fully saturated rings. The molecule has 2 aliphatic rings. The molecule has 0 aliphatic carbocycles. The number of aromatic nitrogens is 1. The summed E-state index contributed by atoms with van der Waals surface area (Å²) in [4.78, 5) is 42.8. The highest BCUT2D eigenvalue weighted by atomic mass is 79.9. The summed E-state index contributed by atoms with van der Waals surface area (Å²) in [5.41, 5.74) is 2.40. The average Bonchev–Trinajstić information content (AvgIpc) is 3.32. The van der Waals surface area contributed by atoms with Crippen molar-refractivity contribution in [2.75, 3.05) is 4.90 Å². The van der Waals surface area contributed by atoms with E-state index >= 15 is 0 Å². The minimum atomic E-state index is -0.634. The minimum Gasteiger partial charge on any atom is -0.289 e. The lowest BCUT2D eigenvalue weighted by Crippen LogP contribution is -2.32. The first-order chi connectivity index (χ1) is 17.4. The smallest absolute Gasteiger partial charge is 0.289 e. The molecule has 3 heterocycles. The number of halogens is 2. The van der Waals surface area contributed by atoms with Crippen molar-refractivity contribution in [2.24, 2.45) is 5.92 Å². The summed E-state index contributed by atoms with van der Waals surface area (Å²) < 4.78 is 2.60. The lowest BCUT2D eigenvalue weighted by molar-refractivity contribution is -0.122. The van der Waals surface area contributed by atoms with Gasteiger partial charge in [-0.3, -0.25) is 19.0 Å². The van der Waals surface area contributed by atoms with Crippen molar-refractivity contribution in [1.82, 2.24) is 4.57 Å². The lowest BCUT2D eigenvalue weighted by Gasteiger charge is -2.30. The Labute approximate surface area is 228 Å². The highest BCUT2D eigenvalue weighted by molar-refractivity contribution is 9.10. The van der Waals surface area contributed by atoms with Gasteiger partial charge >= 0.3 is 4.87 Å². The van der Waals surface area contributed by atoms with E-state index in [-0.39, 0.29) is 16.7 Å². The van der Waals surface area contributed by atoms with Crippen LogP contribution in [0.15, 0.2) is 93.2 Å². The molecule has 3 atom stereocenters. The first kappa shape index (κ1) is 23.7. The molecule has 2 aliphatic heterocycles. The second kappa shape index (κ2) is 9.34. The first-order valence-corrected chi connectivity index (χ1v) is 14.1. The maximum absolute atomic E-state index is 13.9. The Hall–Kier alpha value is -2.65. The number of hydrogen-bond acceptors (Lipinski definition) is 5. The normalized spacial score (nSPS) is 20.9. The Bertz CT molecular complexity index is 1530. The van der Waals surface area contributed by atoms with Gasteiger partial charge in [0.25, 0.3) is 0 Å². The number of fused-ring (bicyclic) bond motifs is 2. The van der Waals surface area contributed by atoms with Crippen molar-refractivity contribution in [3.05, 3.63) is 114 Å². The molecule has 0 radical (unpaired) electrons. The van der Waals surface area contributed by atoms with Gasteiger partial charge in [0.15, 0.2) is 0 Å². The van der Waals surface area contributed by atoms with Crippen molar-refractivity contribution in [3.63, 3.8) is 0 Å². The van der Waals surface area contributed by atoms with E-state index in [2.05, 4.69) is 15.9 Å². The molecule has 1 aromatic heterocycles. The molecule has 2 amide bonds. The Morgan fingerprint density at radius 2 is 1.56 bits per heavy atom. The summed E-state index contributed by atoms with van der Waals surface area (Å²) in [6.07, 6.45) is 0. The summed E-state index contributed by atoms with van der Waals surface area (Å²) in [5.74, 6) is -1.55. The van der Waals surface area contributed by atoms with Gasteiger partial charge in [-0.15, -0.1) is 0 Å². The van der Waals surface area contributed by atoms with Gasteiger partial charge < -0.3 is 0 Å². The van der Waals surface area contributed by atoms with Crippen molar-refractivity contribution in [2.45, 2.75) is 22.7 Å². The van der Waals surface area contributed by atoms with Gasteiger partial charge in [-0.25, -0.2) is 4.90 Å². The largest absolute Gasteiger partial charge is 0.308 e. The zero-order chi connectivity index (χ0) is 25.0. The Kier molecular flexibility index (Phi) is 6.16. The van der Waals surface area contributed by atoms with Crippen LogP contribution in [-0.2, 0) is 16.1 Å². The molecule has 0 N–H and O–H groups in total. The van der Waals surface area contributed by atoms with Crippen LogP contribution in [0.3, 0.4) is 0 Å². The van der Waals surface area contributed by atoms with Crippen LogP contribution in [0, 0.1) is 5.92 Å². The van der Waals surface area contributed by atoms with Crippen molar-refractivity contribution >= 4 is 68.1 Å². The summed E-state index contributed by atoms with van der Waals surface area (Å²) in [6.45, 7) is 0.405. The van der Waals surface area contributed by atoms with Gasteiger partial charge in [0.2, 0.25) is 11.8 Å². The molecule has 5 nitrogen and oxygen atoms in total. The van der Waals surface area contributed by atoms with Crippen LogP contribution in [0.2, 0.25) is 5.02 Å². The summed E-state index contributed by atoms with van der Waals surface area (Å²) in [7, 11) is 0. The molecular formula is C27H18BrClN2O3S2. The molecule has 3 aromatic carbocycles. The summed E-state index contributed by atoms with van der Waals surface area (Å²) in [6, 6.07) is 24.3. The van der Waals surface area contributed by atoms with E-state index in [1.54, 1.807) is 28.8 Å². The number of benzene rings is 3. The van der Waals surface area contributed by atoms with Gasteiger partial charge in [-0.05, 0) is 47.5 Å². The molecule has 9 heteroatoms. The topological polar surface area (TPSA) is 59.4 Å². The number of thioether (sulfide) groups is 1. The second-order valence-electron chi connectivity index (χ2n) is 8.69. The van der Waals surface area contributed by atoms with E-state index in [1.807, 2.05) is 54.6 Å². The van der Waals surface area contributed by atoms with Crippen LogP contribution in [0.4, 0.5) is 5.69 Å². The number of carbonyl (C=O) groups is 2. The zero-order valence-electron chi connectivity index (χ0n) is 18.6. The average molecular weight is 598 g/mol. The van der Waals surface area contributed by atoms with Gasteiger partial charge in [0.05, 0.1) is 23.2 Å². The van der Waals surface area contributed by atoms with E-state index in [9.17, 15) is 14.4 Å². The molecule has 1 saturated heterocycles. The van der Waals surface area contributed by atoms with E-state index in [1.165, 1.54) is 16.7 Å². The van der Waals surface area contributed by atoms with Crippen LogP contribution in [-0.4, -0.2) is 21.6 Å². The molecule has 0 bridgehead atoms. The number of thiazole rings is 1. The molecular weight excluding hydrogens is 580 g/mol. The van der Waals surface area contributed by atoms with Gasteiger partial charge in [0, 0.05) is 20.3 Å². The summed E-state index contributed by atoms with van der Waals surface area (Å²) in [5, 5.41) is 0.708. The molecule has 36 heavy (non-hydrogen) atoms. The van der Waals surface area contributed by atoms with Gasteiger partial charge in [-0.1, -0.05) is 93.1 Å². The lowest BCUT2D eigenvalue weighted by atomic mass is 9.83. The van der Waals surface area contributed by atoms with Crippen molar-refractivity contribution in [1.29, 1.82) is 0 Å². The quantitative estimate of drug-likeness (QED) is 0.264. The van der Waals surface area contributed by atoms with E-state index in [4.69, 9.17) is 11.6 Å². The highest BCUT2D eigenvalue weighted by Gasteiger charge is 2.56. The molecule has 0 unspecified atom stereocenters. The second-order valence-corrected chi connectivity index (χ2v) is 12.2. The monoisotopic (exact) mass is 596 g/mol.